The molecule has 0 aliphatic rings. The second-order valence-electron chi connectivity index (χ2n) is 2.11. The highest BCUT2D eigenvalue weighted by molar-refractivity contribution is 6.63. The SMILES string of the molecule is Cn1nc(CC(=O)Cl)cc1F. The predicted molar refractivity (Wildman–Crippen MR) is 37.7 cm³/mol. The Morgan fingerprint density at radius 1 is 1.91 bits per heavy atom. The first kappa shape index (κ1) is 8.20. The van der Waals surface area contributed by atoms with Crippen molar-refractivity contribution in [3.05, 3.63) is 17.7 Å². The second-order valence-corrected chi connectivity index (χ2v) is 2.54. The Balaban J connectivity index is 2.81. The second kappa shape index (κ2) is 3.00. The lowest BCUT2D eigenvalue weighted by Crippen LogP contribution is -1.97. The van der Waals surface area contributed by atoms with Gasteiger partial charge in [-0.3, -0.25) is 4.79 Å². The van der Waals surface area contributed by atoms with Crippen LogP contribution in [0.5, 0.6) is 0 Å². The molecule has 0 aliphatic heterocycles. The minimum absolute atomic E-state index is 0.0285. The fourth-order valence-corrected chi connectivity index (χ4v) is 0.866. The Kier molecular flexibility index (Phi) is 2.24. The summed E-state index contributed by atoms with van der Waals surface area (Å²) in [5, 5.41) is 3.15. The normalized spacial score (nSPS) is 10.1. The van der Waals surface area contributed by atoms with Crippen LogP contribution in [-0.2, 0) is 18.3 Å². The summed E-state index contributed by atoms with van der Waals surface area (Å²) in [4.78, 5) is 10.3. The Morgan fingerprint density at radius 3 is 2.91 bits per heavy atom. The molecule has 0 unspecified atom stereocenters. The van der Waals surface area contributed by atoms with E-state index >= 15 is 0 Å². The Hall–Kier alpha value is -0.900. The van der Waals surface area contributed by atoms with Gasteiger partial charge in [-0.05, 0) is 11.6 Å². The van der Waals surface area contributed by atoms with Gasteiger partial charge >= 0.3 is 0 Å². The molecule has 0 fully saturated rings. The third kappa shape index (κ3) is 2.01. The highest BCUT2D eigenvalue weighted by Gasteiger charge is 2.06. The van der Waals surface area contributed by atoms with E-state index in [1.807, 2.05) is 0 Å². The smallest absolute Gasteiger partial charge is 0.227 e. The van der Waals surface area contributed by atoms with Crippen molar-refractivity contribution in [3.63, 3.8) is 0 Å². The van der Waals surface area contributed by atoms with Gasteiger partial charge in [-0.2, -0.15) is 9.49 Å². The van der Waals surface area contributed by atoms with E-state index in [0.717, 1.165) is 4.68 Å². The molecule has 0 N–H and O–H groups in total. The van der Waals surface area contributed by atoms with Gasteiger partial charge in [-0.15, -0.1) is 0 Å². The number of nitrogens with zero attached hydrogens (tertiary/aromatic N) is 2. The molecule has 0 bridgehead atoms. The summed E-state index contributed by atoms with van der Waals surface area (Å²) in [6.07, 6.45) is -0.0285. The molecule has 0 amide bonds. The van der Waals surface area contributed by atoms with Gasteiger partial charge in [-0.25, -0.2) is 4.68 Å². The summed E-state index contributed by atoms with van der Waals surface area (Å²) < 4.78 is 13.6. The van der Waals surface area contributed by atoms with Crippen molar-refractivity contribution in [2.75, 3.05) is 0 Å². The molecule has 0 aromatic carbocycles. The number of hydrogen-bond acceptors (Lipinski definition) is 2. The molecular weight excluding hydrogens is 171 g/mol. The maximum absolute atomic E-state index is 12.5. The highest BCUT2D eigenvalue weighted by Crippen LogP contribution is 2.02. The van der Waals surface area contributed by atoms with Crippen LogP contribution in [-0.4, -0.2) is 15.0 Å². The quantitative estimate of drug-likeness (QED) is 0.627. The van der Waals surface area contributed by atoms with E-state index < -0.39 is 11.2 Å². The van der Waals surface area contributed by atoms with Crippen LogP contribution < -0.4 is 0 Å². The van der Waals surface area contributed by atoms with Crippen molar-refractivity contribution in [2.24, 2.45) is 7.05 Å². The van der Waals surface area contributed by atoms with E-state index in [4.69, 9.17) is 11.6 Å². The average molecular weight is 177 g/mol. The van der Waals surface area contributed by atoms with Crippen LogP contribution in [0.25, 0.3) is 0 Å². The number of carbonyl (C=O) groups is 1. The van der Waals surface area contributed by atoms with Crippen molar-refractivity contribution in [1.29, 1.82) is 0 Å². The van der Waals surface area contributed by atoms with Crippen LogP contribution in [0, 0.1) is 5.95 Å². The van der Waals surface area contributed by atoms with Crippen LogP contribution in [0.3, 0.4) is 0 Å². The zero-order valence-corrected chi connectivity index (χ0v) is 6.60. The molecule has 0 atom stereocenters. The minimum Gasteiger partial charge on any atom is -0.281 e. The molecule has 1 aromatic rings. The highest BCUT2D eigenvalue weighted by atomic mass is 35.5. The molecule has 60 valence electrons. The number of carbonyl (C=O) groups excluding carboxylic acids is 1. The van der Waals surface area contributed by atoms with E-state index in [2.05, 4.69) is 5.10 Å². The predicted octanol–water partition coefficient (Wildman–Crippen LogP) is 0.867. The maximum atomic E-state index is 12.5. The first-order valence-corrected chi connectivity index (χ1v) is 3.34. The van der Waals surface area contributed by atoms with Crippen molar-refractivity contribution < 1.29 is 9.18 Å². The molecule has 0 radical (unpaired) electrons. The van der Waals surface area contributed by atoms with E-state index in [1.165, 1.54) is 13.1 Å². The van der Waals surface area contributed by atoms with Gasteiger partial charge in [0.1, 0.15) is 0 Å². The van der Waals surface area contributed by atoms with Crippen molar-refractivity contribution in [2.45, 2.75) is 6.42 Å². The fraction of sp³-hybridized carbons (Fsp3) is 0.333. The van der Waals surface area contributed by atoms with Gasteiger partial charge in [0.25, 0.3) is 0 Å². The molecule has 5 heteroatoms. The lowest BCUT2D eigenvalue weighted by Gasteiger charge is -1.86. The molecule has 0 saturated carbocycles. The summed E-state index contributed by atoms with van der Waals surface area (Å²) in [7, 11) is 1.46. The fourth-order valence-electron chi connectivity index (χ4n) is 0.729. The Bertz CT molecular complexity index is 265. The number of halogens is 2. The average Bonchev–Trinajstić information content (AvgIpc) is 2.10. The summed E-state index contributed by atoms with van der Waals surface area (Å²) >= 11 is 5.06. The minimum atomic E-state index is -0.539. The molecule has 3 nitrogen and oxygen atoms in total. The van der Waals surface area contributed by atoms with Gasteiger partial charge in [0.05, 0.1) is 12.1 Å². The van der Waals surface area contributed by atoms with Crippen LogP contribution >= 0.6 is 11.6 Å². The van der Waals surface area contributed by atoms with Gasteiger partial charge in [0.15, 0.2) is 0 Å². The molecule has 0 saturated heterocycles. The molecule has 1 heterocycles. The number of hydrogen-bond donors (Lipinski definition) is 0. The number of aromatic nitrogens is 2. The van der Waals surface area contributed by atoms with Crippen molar-refractivity contribution >= 4 is 16.8 Å². The van der Waals surface area contributed by atoms with Gasteiger partial charge in [0, 0.05) is 13.1 Å². The third-order valence-electron chi connectivity index (χ3n) is 1.19. The first-order chi connectivity index (χ1) is 5.09. The summed E-state index contributed by atoms with van der Waals surface area (Å²) in [6.45, 7) is 0. The molecule has 1 rings (SSSR count). The molecule has 1 aromatic heterocycles. The van der Waals surface area contributed by atoms with Crippen molar-refractivity contribution in [3.8, 4) is 0 Å². The third-order valence-corrected chi connectivity index (χ3v) is 1.33. The first-order valence-electron chi connectivity index (χ1n) is 2.96. The van der Waals surface area contributed by atoms with Gasteiger partial charge < -0.3 is 0 Å². The Labute approximate surface area is 67.8 Å². The summed E-state index contributed by atoms with van der Waals surface area (Å²) in [5.74, 6) is -0.474. The Morgan fingerprint density at radius 2 is 2.55 bits per heavy atom. The van der Waals surface area contributed by atoms with E-state index in [9.17, 15) is 9.18 Å². The zero-order chi connectivity index (χ0) is 8.43. The van der Waals surface area contributed by atoms with E-state index in [-0.39, 0.29) is 6.42 Å². The maximum Gasteiger partial charge on any atom is 0.227 e. The number of aryl methyl sites for hydroxylation is 1. The van der Waals surface area contributed by atoms with Crippen LogP contribution in [0.1, 0.15) is 5.69 Å². The number of rotatable bonds is 2. The van der Waals surface area contributed by atoms with Gasteiger partial charge in [-0.1, -0.05) is 0 Å². The van der Waals surface area contributed by atoms with Crippen LogP contribution in [0.2, 0.25) is 0 Å². The zero-order valence-electron chi connectivity index (χ0n) is 5.84. The van der Waals surface area contributed by atoms with Crippen molar-refractivity contribution in [1.82, 2.24) is 9.78 Å². The standard InChI is InChI=1S/C6H6ClFN2O/c1-10-6(8)3-4(9-10)2-5(7)11/h3H,2H2,1H3. The summed E-state index contributed by atoms with van der Waals surface area (Å²) in [6, 6.07) is 1.18. The summed E-state index contributed by atoms with van der Waals surface area (Å²) in [5.41, 5.74) is 0.352. The van der Waals surface area contributed by atoms with E-state index in [1.54, 1.807) is 0 Å². The van der Waals surface area contributed by atoms with Gasteiger partial charge in [0.2, 0.25) is 11.2 Å². The topological polar surface area (TPSA) is 34.9 Å². The molecule has 0 aliphatic carbocycles. The lowest BCUT2D eigenvalue weighted by atomic mass is 10.3. The largest absolute Gasteiger partial charge is 0.281 e. The molecule has 11 heavy (non-hydrogen) atoms. The molecule has 0 spiro atoms. The monoisotopic (exact) mass is 176 g/mol. The van der Waals surface area contributed by atoms with Crippen LogP contribution in [0.4, 0.5) is 4.39 Å². The molecular formula is C6H6ClFN2O. The lowest BCUT2D eigenvalue weighted by molar-refractivity contribution is -0.111. The van der Waals surface area contributed by atoms with Crippen LogP contribution in [0.15, 0.2) is 6.07 Å². The van der Waals surface area contributed by atoms with E-state index in [0.29, 0.717) is 5.69 Å².